The number of benzene rings is 3. The minimum absolute atomic E-state index is 0.0604. The molecular weight excluding hydrogens is 631 g/mol. The summed E-state index contributed by atoms with van der Waals surface area (Å²) in [6, 6.07) is 20.9. The van der Waals surface area contributed by atoms with Crippen molar-refractivity contribution in [1.29, 1.82) is 0 Å². The molecule has 0 heterocycles. The van der Waals surface area contributed by atoms with Gasteiger partial charge in [-0.15, -0.1) is 26.0 Å². The number of hydrogen-bond acceptors (Lipinski definition) is 5. The molecule has 0 radical (unpaired) electrons. The molecule has 1 saturated carbocycles. The molecule has 1 fully saturated rings. The van der Waals surface area contributed by atoms with E-state index in [0.29, 0.717) is 36.2 Å². The topological polar surface area (TPSA) is 90.9 Å². The van der Waals surface area contributed by atoms with Crippen LogP contribution in [0.25, 0.3) is 0 Å². The Kier molecular flexibility index (Phi) is 16.9. The highest BCUT2D eigenvalue weighted by Crippen LogP contribution is 2.41. The van der Waals surface area contributed by atoms with E-state index in [0.717, 1.165) is 18.4 Å². The summed E-state index contributed by atoms with van der Waals surface area (Å²) in [6.45, 7) is 9.88. The lowest BCUT2D eigenvalue weighted by atomic mass is 9.70. The van der Waals surface area contributed by atoms with E-state index in [9.17, 15) is 27.9 Å². The monoisotopic (exact) mass is 681 g/mol. The standard InChI is InChI=1S/C34H40F3N3O4.C3H8.C2H2/c1-3-40(23-33(2)16-9-17-33)32(43)27-14-8-13-26(20-27)31(42)39-29(19-24-10-5-4-6-11-24)30(41)22-38-21-25-12-7-15-28(18-25)44-34(35,36)37;1-3-2;1-2/h4-8,10-15,18,20,29-30,38,41H,3,9,16-17,19,21-23H2,1-2H3,(H,39,42);3H2,1-2H3;1-2H. The van der Waals surface area contributed by atoms with Crippen LogP contribution in [0.3, 0.4) is 0 Å². The van der Waals surface area contributed by atoms with Gasteiger partial charge in [-0.05, 0) is 73.1 Å². The molecule has 0 spiro atoms. The number of hydrogen-bond donors (Lipinski definition) is 3. The molecule has 10 heteroatoms. The Morgan fingerprint density at radius 2 is 1.55 bits per heavy atom. The van der Waals surface area contributed by atoms with E-state index in [1.54, 1.807) is 30.3 Å². The van der Waals surface area contributed by atoms with Crippen molar-refractivity contribution < 1.29 is 32.6 Å². The van der Waals surface area contributed by atoms with Gasteiger partial charge in [0.1, 0.15) is 5.75 Å². The quantitative estimate of drug-likeness (QED) is 0.154. The molecule has 1 aliphatic rings. The summed E-state index contributed by atoms with van der Waals surface area (Å²) in [5, 5.41) is 17.1. The Morgan fingerprint density at radius 1 is 0.939 bits per heavy atom. The van der Waals surface area contributed by atoms with Gasteiger partial charge < -0.3 is 25.4 Å². The predicted molar refractivity (Wildman–Crippen MR) is 188 cm³/mol. The van der Waals surface area contributed by atoms with Crippen molar-refractivity contribution >= 4 is 11.8 Å². The van der Waals surface area contributed by atoms with E-state index in [1.807, 2.05) is 42.2 Å². The van der Waals surface area contributed by atoms with Crippen molar-refractivity contribution in [2.75, 3.05) is 19.6 Å². The zero-order chi connectivity index (χ0) is 36.5. The van der Waals surface area contributed by atoms with Crippen LogP contribution in [0.2, 0.25) is 0 Å². The SMILES string of the molecule is C#C.CCC.CCN(CC1(C)CCC1)C(=O)c1cccc(C(=O)NC(Cc2ccccc2)C(O)CNCc2cccc(OC(F)(F)F)c2)c1. The third-order valence-electron chi connectivity index (χ3n) is 8.07. The second kappa shape index (κ2) is 20.2. The van der Waals surface area contributed by atoms with E-state index in [4.69, 9.17) is 0 Å². The summed E-state index contributed by atoms with van der Waals surface area (Å²) in [5.41, 5.74) is 2.31. The van der Waals surface area contributed by atoms with Crippen LogP contribution in [0.4, 0.5) is 13.2 Å². The number of amides is 2. The molecule has 0 aliphatic heterocycles. The Balaban J connectivity index is 0.00000158. The molecule has 2 unspecified atom stereocenters. The molecule has 1 aliphatic carbocycles. The number of carbonyl (C=O) groups excluding carboxylic acids is 2. The van der Waals surface area contributed by atoms with Crippen LogP contribution in [0.1, 0.15) is 85.2 Å². The van der Waals surface area contributed by atoms with Crippen molar-refractivity contribution in [3.05, 3.63) is 101 Å². The van der Waals surface area contributed by atoms with Gasteiger partial charge >= 0.3 is 6.36 Å². The summed E-state index contributed by atoms with van der Waals surface area (Å²) in [5.74, 6) is -0.873. The van der Waals surface area contributed by atoms with Crippen LogP contribution in [-0.4, -0.2) is 60.0 Å². The first-order chi connectivity index (χ1) is 23.4. The zero-order valence-corrected chi connectivity index (χ0v) is 28.9. The van der Waals surface area contributed by atoms with E-state index in [-0.39, 0.29) is 30.2 Å². The van der Waals surface area contributed by atoms with Gasteiger partial charge in [-0.25, -0.2) is 0 Å². The average Bonchev–Trinajstić information content (AvgIpc) is 3.07. The van der Waals surface area contributed by atoms with Crippen molar-refractivity contribution in [1.82, 2.24) is 15.5 Å². The molecule has 0 aromatic heterocycles. The number of rotatable bonds is 14. The number of aliphatic hydroxyl groups is 1. The maximum atomic E-state index is 13.4. The smallest absolute Gasteiger partial charge is 0.406 e. The molecule has 3 N–H and O–H groups in total. The van der Waals surface area contributed by atoms with E-state index >= 15 is 0 Å². The number of alkyl halides is 3. The molecule has 2 amide bonds. The second-order valence-electron chi connectivity index (χ2n) is 12.4. The maximum Gasteiger partial charge on any atom is 0.573 e. The van der Waals surface area contributed by atoms with Gasteiger partial charge in [-0.3, -0.25) is 9.59 Å². The molecule has 4 rings (SSSR count). The summed E-state index contributed by atoms with van der Waals surface area (Å²) in [6.07, 6.45) is 7.13. The van der Waals surface area contributed by atoms with Gasteiger partial charge in [0.05, 0.1) is 12.1 Å². The number of aliphatic hydroxyl groups excluding tert-OH is 1. The average molecular weight is 682 g/mol. The van der Waals surface area contributed by atoms with Gasteiger partial charge in [0.15, 0.2) is 0 Å². The number of carbonyl (C=O) groups is 2. The van der Waals surface area contributed by atoms with Crippen LogP contribution < -0.4 is 15.4 Å². The fourth-order valence-corrected chi connectivity index (χ4v) is 5.46. The number of terminal acetylenes is 1. The van der Waals surface area contributed by atoms with E-state index < -0.39 is 24.4 Å². The van der Waals surface area contributed by atoms with Gasteiger partial charge in [0.2, 0.25) is 0 Å². The maximum absolute atomic E-state index is 13.4. The predicted octanol–water partition coefficient (Wildman–Crippen LogP) is 7.40. The lowest BCUT2D eigenvalue weighted by Gasteiger charge is -2.42. The highest BCUT2D eigenvalue weighted by molar-refractivity contribution is 5.99. The molecule has 0 bridgehead atoms. The third-order valence-corrected chi connectivity index (χ3v) is 8.07. The lowest BCUT2D eigenvalue weighted by molar-refractivity contribution is -0.274. The molecule has 2 atom stereocenters. The minimum Gasteiger partial charge on any atom is -0.406 e. The second-order valence-corrected chi connectivity index (χ2v) is 12.4. The number of nitrogens with one attached hydrogen (secondary N) is 2. The molecular formula is C39H50F3N3O4. The van der Waals surface area contributed by atoms with Gasteiger partial charge in [-0.2, -0.15) is 0 Å². The Hall–Kier alpha value is -4.33. The minimum atomic E-state index is -4.79. The normalized spacial score (nSPS) is 14.3. The van der Waals surface area contributed by atoms with Crippen molar-refractivity contribution in [2.45, 2.75) is 84.9 Å². The molecule has 266 valence electrons. The lowest BCUT2D eigenvalue weighted by Crippen LogP contribution is -2.48. The summed E-state index contributed by atoms with van der Waals surface area (Å²) in [7, 11) is 0. The molecule has 3 aromatic carbocycles. The van der Waals surface area contributed by atoms with Crippen LogP contribution >= 0.6 is 0 Å². The van der Waals surface area contributed by atoms with Crippen molar-refractivity contribution in [3.63, 3.8) is 0 Å². The summed E-state index contributed by atoms with van der Waals surface area (Å²) >= 11 is 0. The van der Waals surface area contributed by atoms with Crippen LogP contribution in [0.15, 0.2) is 78.9 Å². The largest absolute Gasteiger partial charge is 0.573 e. The van der Waals surface area contributed by atoms with Gasteiger partial charge in [-0.1, -0.05) is 82.1 Å². The number of halogens is 3. The van der Waals surface area contributed by atoms with Gasteiger partial charge in [0, 0.05) is 37.3 Å². The first-order valence-electron chi connectivity index (χ1n) is 16.7. The number of nitrogens with zero attached hydrogens (tertiary/aromatic N) is 1. The molecule has 49 heavy (non-hydrogen) atoms. The first-order valence-corrected chi connectivity index (χ1v) is 16.7. The molecule has 7 nitrogen and oxygen atoms in total. The highest BCUT2D eigenvalue weighted by atomic mass is 19.4. The molecule has 3 aromatic rings. The number of ether oxygens (including phenoxy) is 1. The zero-order valence-electron chi connectivity index (χ0n) is 28.9. The van der Waals surface area contributed by atoms with E-state index in [2.05, 4.69) is 49.0 Å². The van der Waals surface area contributed by atoms with Crippen LogP contribution in [0.5, 0.6) is 5.75 Å². The fourth-order valence-electron chi connectivity index (χ4n) is 5.46. The Bertz CT molecular complexity index is 1460. The fraction of sp³-hybridized carbons (Fsp3) is 0.436. The Labute approximate surface area is 289 Å². The summed E-state index contributed by atoms with van der Waals surface area (Å²) in [4.78, 5) is 28.6. The van der Waals surface area contributed by atoms with Crippen LogP contribution in [0, 0.1) is 18.3 Å². The van der Waals surface area contributed by atoms with E-state index in [1.165, 1.54) is 31.0 Å². The van der Waals surface area contributed by atoms with Crippen molar-refractivity contribution in [2.24, 2.45) is 5.41 Å². The van der Waals surface area contributed by atoms with Crippen LogP contribution in [-0.2, 0) is 13.0 Å². The first kappa shape index (κ1) is 40.8. The molecule has 0 saturated heterocycles. The van der Waals surface area contributed by atoms with Crippen molar-refractivity contribution in [3.8, 4) is 18.6 Å². The summed E-state index contributed by atoms with van der Waals surface area (Å²) < 4.78 is 41.8. The third kappa shape index (κ3) is 14.0. The van der Waals surface area contributed by atoms with Gasteiger partial charge in [0.25, 0.3) is 11.8 Å². The Morgan fingerprint density at radius 3 is 2.14 bits per heavy atom. The highest BCUT2D eigenvalue weighted by Gasteiger charge is 2.35.